The first kappa shape index (κ1) is 14.8. The molecule has 0 atom stereocenters. The Bertz CT molecular complexity index is 396. The molecular formula is C18H26. The molecule has 0 aliphatic rings. The molecule has 0 nitrogen and oxygen atoms in total. The fourth-order valence-electron chi connectivity index (χ4n) is 2.11. The number of hydrogen-bond donors (Lipinski definition) is 0. The van der Waals surface area contributed by atoms with Crippen LogP contribution in [0.15, 0.2) is 42.5 Å². The molecule has 0 unspecified atom stereocenters. The molecule has 0 fully saturated rings. The standard InChI is InChI=1S/C18H26/c1-4-6-8-10-12-18-14-13-17(15-16(18)3)11-9-7-5-2/h4,6,8,10,13-15H,5,7,9,11-12H2,1-3H3. The number of rotatable bonds is 7. The van der Waals surface area contributed by atoms with Crippen LogP contribution in [-0.4, -0.2) is 0 Å². The highest BCUT2D eigenvalue weighted by atomic mass is 14.0. The van der Waals surface area contributed by atoms with Gasteiger partial charge in [-0.25, -0.2) is 0 Å². The van der Waals surface area contributed by atoms with Gasteiger partial charge in [-0.2, -0.15) is 0 Å². The second-order valence-corrected chi connectivity index (χ2v) is 4.88. The molecule has 0 saturated carbocycles. The Labute approximate surface area is 112 Å². The van der Waals surface area contributed by atoms with Crippen molar-refractivity contribution in [2.24, 2.45) is 0 Å². The van der Waals surface area contributed by atoms with Gasteiger partial charge < -0.3 is 0 Å². The van der Waals surface area contributed by atoms with Crippen molar-refractivity contribution in [1.29, 1.82) is 0 Å². The summed E-state index contributed by atoms with van der Waals surface area (Å²) in [6, 6.07) is 6.94. The molecule has 0 aliphatic carbocycles. The third-order valence-corrected chi connectivity index (χ3v) is 3.25. The molecule has 0 radical (unpaired) electrons. The molecule has 0 aromatic heterocycles. The highest BCUT2D eigenvalue weighted by Crippen LogP contribution is 2.14. The molecule has 0 N–H and O–H groups in total. The average Bonchev–Trinajstić information content (AvgIpc) is 2.37. The molecule has 0 aliphatic heterocycles. The molecule has 0 saturated heterocycles. The number of unbranched alkanes of at least 4 members (excludes halogenated alkanes) is 2. The van der Waals surface area contributed by atoms with E-state index in [9.17, 15) is 0 Å². The van der Waals surface area contributed by atoms with Crippen molar-refractivity contribution in [3.05, 3.63) is 59.2 Å². The maximum Gasteiger partial charge on any atom is -0.00917 e. The Kier molecular flexibility index (Phi) is 7.17. The Morgan fingerprint density at radius 1 is 1.11 bits per heavy atom. The van der Waals surface area contributed by atoms with Crippen LogP contribution in [0.1, 0.15) is 49.8 Å². The lowest BCUT2D eigenvalue weighted by Gasteiger charge is -2.07. The zero-order chi connectivity index (χ0) is 13.2. The summed E-state index contributed by atoms with van der Waals surface area (Å²) >= 11 is 0. The molecule has 0 heterocycles. The molecule has 18 heavy (non-hydrogen) atoms. The zero-order valence-electron chi connectivity index (χ0n) is 12.1. The van der Waals surface area contributed by atoms with E-state index in [4.69, 9.17) is 0 Å². The minimum atomic E-state index is 1.03. The first-order valence-corrected chi connectivity index (χ1v) is 7.14. The second-order valence-electron chi connectivity index (χ2n) is 4.88. The van der Waals surface area contributed by atoms with Gasteiger partial charge in [0.1, 0.15) is 0 Å². The molecular weight excluding hydrogens is 216 g/mol. The third kappa shape index (κ3) is 5.35. The maximum atomic E-state index is 2.36. The minimum absolute atomic E-state index is 1.03. The van der Waals surface area contributed by atoms with Crippen molar-refractivity contribution < 1.29 is 0 Å². The SMILES string of the molecule is CC=CC=CCc1ccc(CCCCC)cc1C. The van der Waals surface area contributed by atoms with Gasteiger partial charge in [-0.1, -0.05) is 62.3 Å². The van der Waals surface area contributed by atoms with Gasteiger partial charge in [-0.15, -0.1) is 0 Å². The molecule has 0 bridgehead atoms. The largest absolute Gasteiger partial charge is 0.0877 e. The van der Waals surface area contributed by atoms with Crippen LogP contribution in [0, 0.1) is 6.92 Å². The van der Waals surface area contributed by atoms with Gasteiger partial charge in [0.15, 0.2) is 0 Å². The van der Waals surface area contributed by atoms with Gasteiger partial charge in [-0.05, 0) is 49.8 Å². The van der Waals surface area contributed by atoms with Crippen LogP contribution in [0.4, 0.5) is 0 Å². The maximum absolute atomic E-state index is 2.36. The van der Waals surface area contributed by atoms with Crippen molar-refractivity contribution in [3.63, 3.8) is 0 Å². The van der Waals surface area contributed by atoms with Crippen molar-refractivity contribution in [2.75, 3.05) is 0 Å². The molecule has 1 aromatic rings. The summed E-state index contributed by atoms with van der Waals surface area (Å²) in [5.41, 5.74) is 4.35. The fourth-order valence-corrected chi connectivity index (χ4v) is 2.11. The van der Waals surface area contributed by atoms with E-state index in [1.54, 1.807) is 0 Å². The van der Waals surface area contributed by atoms with Crippen LogP contribution in [0.5, 0.6) is 0 Å². The third-order valence-electron chi connectivity index (χ3n) is 3.25. The van der Waals surface area contributed by atoms with E-state index in [1.807, 2.05) is 6.92 Å². The van der Waals surface area contributed by atoms with Gasteiger partial charge in [0, 0.05) is 0 Å². The van der Waals surface area contributed by atoms with Crippen molar-refractivity contribution in [2.45, 2.75) is 52.9 Å². The minimum Gasteiger partial charge on any atom is -0.0877 e. The molecule has 0 spiro atoms. The van der Waals surface area contributed by atoms with Crippen LogP contribution in [0.3, 0.4) is 0 Å². The number of allylic oxidation sites excluding steroid dienone is 4. The van der Waals surface area contributed by atoms with Crippen molar-refractivity contribution >= 4 is 0 Å². The highest BCUT2D eigenvalue weighted by molar-refractivity contribution is 5.32. The van der Waals surface area contributed by atoms with Crippen molar-refractivity contribution in [3.8, 4) is 0 Å². The summed E-state index contributed by atoms with van der Waals surface area (Å²) in [6.45, 7) is 6.52. The van der Waals surface area contributed by atoms with Crippen LogP contribution in [0.2, 0.25) is 0 Å². The van der Waals surface area contributed by atoms with Crippen molar-refractivity contribution in [1.82, 2.24) is 0 Å². The van der Waals surface area contributed by atoms with Crippen LogP contribution >= 0.6 is 0 Å². The molecule has 1 rings (SSSR count). The van der Waals surface area contributed by atoms with E-state index in [0.29, 0.717) is 0 Å². The van der Waals surface area contributed by atoms with E-state index >= 15 is 0 Å². The normalized spacial score (nSPS) is 11.7. The lowest BCUT2D eigenvalue weighted by atomic mass is 9.99. The lowest BCUT2D eigenvalue weighted by Crippen LogP contribution is -1.91. The quantitative estimate of drug-likeness (QED) is 0.443. The first-order valence-electron chi connectivity index (χ1n) is 7.14. The van der Waals surface area contributed by atoms with Gasteiger partial charge in [0.25, 0.3) is 0 Å². The Morgan fingerprint density at radius 2 is 1.94 bits per heavy atom. The fraction of sp³-hybridized carbons (Fsp3) is 0.444. The van der Waals surface area contributed by atoms with E-state index < -0.39 is 0 Å². The Morgan fingerprint density at radius 3 is 2.61 bits per heavy atom. The zero-order valence-corrected chi connectivity index (χ0v) is 12.1. The predicted molar refractivity (Wildman–Crippen MR) is 82.1 cm³/mol. The Hall–Kier alpha value is -1.30. The molecule has 1 aromatic carbocycles. The van der Waals surface area contributed by atoms with Gasteiger partial charge in [0.05, 0.1) is 0 Å². The van der Waals surface area contributed by atoms with E-state index in [1.165, 1.54) is 42.4 Å². The number of aryl methyl sites for hydroxylation is 2. The summed E-state index contributed by atoms with van der Waals surface area (Å²) in [4.78, 5) is 0. The topological polar surface area (TPSA) is 0 Å². The highest BCUT2D eigenvalue weighted by Gasteiger charge is 1.99. The monoisotopic (exact) mass is 242 g/mol. The lowest BCUT2D eigenvalue weighted by molar-refractivity contribution is 0.717. The van der Waals surface area contributed by atoms with Gasteiger partial charge >= 0.3 is 0 Å². The van der Waals surface area contributed by atoms with Gasteiger partial charge in [-0.3, -0.25) is 0 Å². The number of benzene rings is 1. The summed E-state index contributed by atoms with van der Waals surface area (Å²) in [5.74, 6) is 0. The summed E-state index contributed by atoms with van der Waals surface area (Å²) in [7, 11) is 0. The molecule has 0 heteroatoms. The summed E-state index contributed by atoms with van der Waals surface area (Å²) in [5, 5.41) is 0. The van der Waals surface area contributed by atoms with E-state index in [-0.39, 0.29) is 0 Å². The van der Waals surface area contributed by atoms with E-state index in [0.717, 1.165) is 6.42 Å². The molecule has 0 amide bonds. The molecule has 98 valence electrons. The van der Waals surface area contributed by atoms with Crippen LogP contribution in [-0.2, 0) is 12.8 Å². The van der Waals surface area contributed by atoms with E-state index in [2.05, 4.69) is 56.4 Å². The van der Waals surface area contributed by atoms with Crippen LogP contribution in [0.25, 0.3) is 0 Å². The smallest absolute Gasteiger partial charge is 0.00917 e. The Balaban J connectivity index is 2.56. The first-order chi connectivity index (χ1) is 8.77. The second kappa shape index (κ2) is 8.74. The van der Waals surface area contributed by atoms with Gasteiger partial charge in [0.2, 0.25) is 0 Å². The van der Waals surface area contributed by atoms with Crippen LogP contribution < -0.4 is 0 Å². The summed E-state index contributed by atoms with van der Waals surface area (Å²) < 4.78 is 0. The average molecular weight is 242 g/mol. The summed E-state index contributed by atoms with van der Waals surface area (Å²) in [6.07, 6.45) is 14.7. The predicted octanol–water partition coefficient (Wildman–Crippen LogP) is 5.40. The number of hydrogen-bond acceptors (Lipinski definition) is 0.